The third kappa shape index (κ3) is 15.9. The zero-order chi connectivity index (χ0) is 68.2. The van der Waals surface area contributed by atoms with Gasteiger partial charge in [0.2, 0.25) is 23.6 Å². The molecule has 3 aromatic carbocycles. The number of piperazine rings is 2. The van der Waals surface area contributed by atoms with Gasteiger partial charge in [0, 0.05) is 100 Å². The number of unbranched alkanes of at least 4 members (excludes halogenated alkanes) is 6. The van der Waals surface area contributed by atoms with E-state index in [1.54, 1.807) is 38.1 Å². The lowest BCUT2D eigenvalue weighted by molar-refractivity contribution is -0.145. The van der Waals surface area contributed by atoms with Gasteiger partial charge in [-0.05, 0) is 112 Å². The number of carbonyl (C=O) groups is 5. The fourth-order valence-corrected chi connectivity index (χ4v) is 15.1. The molecule has 20 nitrogen and oxygen atoms in total. The Balaban J connectivity index is 0.629. The second-order valence-electron chi connectivity index (χ2n) is 27.9. The topological polar surface area (TPSA) is 238 Å². The molecule has 7 heterocycles. The molecule has 512 valence electrons. The number of hydrogen-bond acceptors (Lipinski definition) is 16. The Hall–Kier alpha value is -7.98. The van der Waals surface area contributed by atoms with Crippen molar-refractivity contribution in [3.8, 4) is 34.5 Å². The number of aromatic hydroxyl groups is 1. The summed E-state index contributed by atoms with van der Waals surface area (Å²) in [5.41, 5.74) is 1.52. The first-order valence-electron chi connectivity index (χ1n) is 33.9. The number of aliphatic imine (C=N–C) groups is 1. The summed E-state index contributed by atoms with van der Waals surface area (Å²) >= 11 is 1.50. The summed E-state index contributed by atoms with van der Waals surface area (Å²) < 4.78 is 53.9. The number of aromatic nitrogens is 3. The molecule has 6 fully saturated rings. The number of likely N-dealkylation sites (tertiary alicyclic amines) is 2. The van der Waals surface area contributed by atoms with E-state index in [1.807, 2.05) is 36.1 Å². The summed E-state index contributed by atoms with van der Waals surface area (Å²) in [6.07, 6.45) is 14.6. The molecule has 1 saturated carbocycles. The molecule has 96 heavy (non-hydrogen) atoms. The van der Waals surface area contributed by atoms with Gasteiger partial charge in [-0.1, -0.05) is 89.1 Å². The summed E-state index contributed by atoms with van der Waals surface area (Å²) in [4.78, 5) is 97.6. The van der Waals surface area contributed by atoms with Gasteiger partial charge in [0.15, 0.2) is 11.5 Å². The predicted octanol–water partition coefficient (Wildman–Crippen LogP) is 9.12. The average molecular weight is 1340 g/mol. The summed E-state index contributed by atoms with van der Waals surface area (Å²) in [6, 6.07) is 10.4. The highest BCUT2D eigenvalue weighted by Crippen LogP contribution is 2.42. The molecule has 5 N–H and O–H groups in total. The van der Waals surface area contributed by atoms with Crippen molar-refractivity contribution in [2.75, 3.05) is 70.3 Å². The van der Waals surface area contributed by atoms with Crippen LogP contribution in [0, 0.1) is 37.4 Å². The number of anilines is 1. The van der Waals surface area contributed by atoms with E-state index >= 15 is 8.78 Å². The number of nitrogens with one attached hydrogen (secondary N) is 3. The lowest BCUT2D eigenvalue weighted by atomic mass is 9.85. The largest absolute Gasteiger partial charge is 0.508 e. The van der Waals surface area contributed by atoms with Crippen molar-refractivity contribution >= 4 is 75.7 Å². The van der Waals surface area contributed by atoms with E-state index < -0.39 is 64.7 Å². The lowest BCUT2D eigenvalue weighted by Crippen LogP contribution is -2.59. The zero-order valence-electron chi connectivity index (χ0n) is 55.6. The normalized spacial score (nSPS) is 21.8. The Morgan fingerprint density at radius 2 is 1.56 bits per heavy atom. The van der Waals surface area contributed by atoms with Crippen molar-refractivity contribution in [3.63, 3.8) is 0 Å². The number of halogens is 3. The first-order valence-corrected chi connectivity index (χ1v) is 34.8. The third-order valence-corrected chi connectivity index (χ3v) is 20.8. The van der Waals surface area contributed by atoms with E-state index in [9.17, 15) is 38.6 Å². The number of phenolic OH excluding ortho intramolecular Hbond substituents is 1. The van der Waals surface area contributed by atoms with E-state index in [0.29, 0.717) is 74.6 Å². The molecule has 0 radical (unpaired) electrons. The van der Waals surface area contributed by atoms with E-state index in [4.69, 9.17) is 16.1 Å². The van der Waals surface area contributed by atoms with Crippen LogP contribution in [0.25, 0.3) is 32.7 Å². The number of aliphatic hydroxyl groups is 1. The van der Waals surface area contributed by atoms with Crippen molar-refractivity contribution < 1.29 is 52.1 Å². The number of rotatable bonds is 25. The number of terminal acetylenes is 1. The summed E-state index contributed by atoms with van der Waals surface area (Å²) in [7, 11) is 0. The van der Waals surface area contributed by atoms with Crippen molar-refractivity contribution in [2.45, 2.75) is 179 Å². The van der Waals surface area contributed by atoms with Gasteiger partial charge in [-0.15, -0.1) is 17.8 Å². The number of amides is 5. The van der Waals surface area contributed by atoms with Gasteiger partial charge in [0.05, 0.1) is 40.2 Å². The van der Waals surface area contributed by atoms with Gasteiger partial charge in [-0.25, -0.2) is 18.2 Å². The van der Waals surface area contributed by atoms with Gasteiger partial charge in [-0.3, -0.25) is 33.9 Å². The van der Waals surface area contributed by atoms with Crippen LogP contribution in [0.3, 0.4) is 0 Å². The Morgan fingerprint density at radius 3 is 2.21 bits per heavy atom. The van der Waals surface area contributed by atoms with Crippen LogP contribution in [0.15, 0.2) is 59.0 Å². The van der Waals surface area contributed by atoms with Gasteiger partial charge in [0.1, 0.15) is 47.0 Å². The number of benzene rings is 3. The number of alkyl halides is 1. The molecule has 5 saturated heterocycles. The van der Waals surface area contributed by atoms with Crippen LogP contribution in [0.4, 0.5) is 19.0 Å². The summed E-state index contributed by atoms with van der Waals surface area (Å²) in [5.74, 6) is -0.954. The number of aryl methyl sites for hydroxylation is 1. The van der Waals surface area contributed by atoms with Crippen molar-refractivity contribution in [1.82, 2.24) is 50.5 Å². The minimum absolute atomic E-state index is 0.0420. The molecule has 5 amide bonds. The first kappa shape index (κ1) is 69.4. The number of hydrogen-bond donors (Lipinski definition) is 5. The van der Waals surface area contributed by atoms with E-state index in [1.165, 1.54) is 40.5 Å². The number of thiazole rings is 1. The second kappa shape index (κ2) is 29.8. The minimum atomic E-state index is -2.03. The molecular weight excluding hydrogens is 1250 g/mol. The van der Waals surface area contributed by atoms with Crippen molar-refractivity contribution in [3.05, 3.63) is 93.5 Å². The smallest absolute Gasteiger partial charge is 0.319 e. The fourth-order valence-electron chi connectivity index (χ4n) is 14.3. The molecule has 5 aliphatic heterocycles. The Morgan fingerprint density at radius 1 is 0.885 bits per heavy atom. The van der Waals surface area contributed by atoms with E-state index in [-0.39, 0.29) is 102 Å². The monoisotopic (exact) mass is 1340 g/mol. The maximum Gasteiger partial charge on any atom is 0.319 e. The molecule has 1 aliphatic carbocycles. The van der Waals surface area contributed by atoms with E-state index in [2.05, 4.69) is 53.3 Å². The van der Waals surface area contributed by atoms with Gasteiger partial charge < -0.3 is 50.5 Å². The van der Waals surface area contributed by atoms with Crippen LogP contribution in [-0.4, -0.2) is 189 Å². The zero-order valence-corrected chi connectivity index (χ0v) is 56.4. The summed E-state index contributed by atoms with van der Waals surface area (Å²) in [6.45, 7) is 17.6. The highest BCUT2D eigenvalue weighted by Gasteiger charge is 2.54. The SMILES string of the molecule is C#Cc1c(F)ccc2cc(O)cc(/C(N=C)=C(\F)c3nc(OC4CCN(CCCCCCCCCC(=O)N5CCN(C(=O)C[C@H](NC(=O)C6C[C@@H](O)CN6C(=O)[C@@H](NC(=O)C6(F)CC6)C(C)(C)C)c6ccc(-c7scnc7C)cc6)CC5)C4)nc(N4CC5CCC(C4)N5)c3C)c12. The molecule has 0 spiro atoms. The Kier molecular flexibility index (Phi) is 21.5. The molecule has 2 bridgehead atoms. The maximum atomic E-state index is 17.3. The molecule has 7 atom stereocenters. The molecular formula is C72H89F3N12O8S. The Bertz CT molecular complexity index is 3790. The standard InChI is InChI=1S/C72H89F3N12O8S/c1-8-53-55(73)24-21-47-34-50(88)35-54(60(47)53)63(76-7)61(74)62-43(2)66(86-38-48-22-23-49(39-86)78-48)82-70(80-62)95-52-25-29-83(41-52)28-15-13-11-9-10-12-14-16-58(90)84-30-32-85(33-31-84)59(91)37-56(45-17-19-46(20-18-45)64-44(3)77-42-96-64)79-67(92)57-36-51(89)40-87(57)68(93)65(71(4,5)6)81-69(94)72(75)26-27-72/h1,17-21,24,34-35,42,48-49,51-52,56-57,65,78,88-89H,7,9-16,22-23,25-33,36-41H2,2-6H3,(H,79,92)(H,81,94)/b63-61+/t48?,49?,51-,52?,56+,57?,65-/m1/s1. The lowest BCUT2D eigenvalue weighted by Gasteiger charge is -2.36. The van der Waals surface area contributed by atoms with Crippen molar-refractivity contribution in [1.29, 1.82) is 0 Å². The first-order chi connectivity index (χ1) is 46.0. The van der Waals surface area contributed by atoms with Crippen LogP contribution in [-0.2, 0) is 24.0 Å². The fraction of sp³-hybridized carbons (Fsp3) is 0.542. The van der Waals surface area contributed by atoms with Crippen molar-refractivity contribution in [2.24, 2.45) is 10.4 Å². The maximum absolute atomic E-state index is 17.3. The third-order valence-electron chi connectivity index (χ3n) is 19.9. The predicted molar refractivity (Wildman–Crippen MR) is 364 cm³/mol. The molecule has 6 aliphatic rings. The molecule has 11 rings (SSSR count). The van der Waals surface area contributed by atoms with Crippen LogP contribution in [0.2, 0.25) is 0 Å². The van der Waals surface area contributed by atoms with Crippen LogP contribution in [0.5, 0.6) is 11.8 Å². The highest BCUT2D eigenvalue weighted by molar-refractivity contribution is 7.13. The minimum Gasteiger partial charge on any atom is -0.508 e. The Labute approximate surface area is 563 Å². The second-order valence-corrected chi connectivity index (χ2v) is 28.8. The number of nitrogens with zero attached hydrogens (tertiary/aromatic N) is 9. The molecule has 24 heteroatoms. The molecule has 4 unspecified atom stereocenters. The number of phenols is 1. The highest BCUT2D eigenvalue weighted by atomic mass is 32.1. The number of carbonyl (C=O) groups excluding carboxylic acids is 5. The van der Waals surface area contributed by atoms with E-state index in [0.717, 1.165) is 93.4 Å². The van der Waals surface area contributed by atoms with Gasteiger partial charge in [-0.2, -0.15) is 9.97 Å². The summed E-state index contributed by atoms with van der Waals surface area (Å²) in [5, 5.41) is 31.5. The number of β-amino-alcohol motifs (C(OH)–C–C–N with tert-alkyl or cyclic N) is 1. The number of fused-ring (bicyclic) bond motifs is 3. The van der Waals surface area contributed by atoms with Crippen LogP contribution >= 0.6 is 11.3 Å². The van der Waals surface area contributed by atoms with Gasteiger partial charge in [0.25, 0.3) is 5.91 Å². The number of ether oxygens (including phenoxy) is 1. The van der Waals surface area contributed by atoms with Gasteiger partial charge >= 0.3 is 6.01 Å². The molecule has 5 aromatic rings. The molecule has 2 aromatic heterocycles. The quantitative estimate of drug-likeness (QED) is 0.0208. The van der Waals surface area contributed by atoms with Crippen LogP contribution < -0.4 is 25.6 Å². The van der Waals surface area contributed by atoms with Crippen LogP contribution in [0.1, 0.15) is 157 Å². The average Bonchev–Trinajstić information content (AvgIpc) is 1.25. The number of aliphatic hydroxyl groups excluding tert-OH is 1.